The SMILES string of the molecule is COc1cccc([C@@H](C[N+](=O)[O-])c2c[nH]c3ccccc23)c1. The molecule has 0 aliphatic heterocycles. The zero-order chi connectivity index (χ0) is 15.5. The van der Waals surface area contributed by atoms with Crippen LogP contribution in [0.25, 0.3) is 10.9 Å². The number of aromatic nitrogens is 1. The molecule has 0 unspecified atom stereocenters. The van der Waals surface area contributed by atoms with Crippen molar-refractivity contribution in [3.63, 3.8) is 0 Å². The fourth-order valence-corrected chi connectivity index (χ4v) is 2.77. The predicted molar refractivity (Wildman–Crippen MR) is 85.0 cm³/mol. The molecule has 3 aromatic rings. The Hall–Kier alpha value is -2.82. The van der Waals surface area contributed by atoms with Crippen LogP contribution in [0, 0.1) is 10.1 Å². The van der Waals surface area contributed by atoms with Crippen LogP contribution < -0.4 is 4.74 Å². The first-order valence-corrected chi connectivity index (χ1v) is 7.01. The molecular weight excluding hydrogens is 280 g/mol. The molecule has 0 spiro atoms. The van der Waals surface area contributed by atoms with Gasteiger partial charge < -0.3 is 9.72 Å². The van der Waals surface area contributed by atoms with Gasteiger partial charge in [0.05, 0.1) is 13.0 Å². The number of hydrogen-bond acceptors (Lipinski definition) is 3. The summed E-state index contributed by atoms with van der Waals surface area (Å²) >= 11 is 0. The quantitative estimate of drug-likeness (QED) is 0.578. The molecular formula is C17H16N2O3. The molecule has 0 saturated carbocycles. The molecule has 1 heterocycles. The summed E-state index contributed by atoms with van der Waals surface area (Å²) in [6, 6.07) is 15.3. The Morgan fingerprint density at radius 2 is 2.05 bits per heavy atom. The monoisotopic (exact) mass is 296 g/mol. The predicted octanol–water partition coefficient (Wildman–Crippen LogP) is 3.59. The van der Waals surface area contributed by atoms with Gasteiger partial charge >= 0.3 is 0 Å². The van der Waals surface area contributed by atoms with Crippen molar-refractivity contribution in [1.82, 2.24) is 4.98 Å². The molecule has 1 aromatic heterocycles. The number of nitrogens with zero attached hydrogens (tertiary/aromatic N) is 1. The summed E-state index contributed by atoms with van der Waals surface area (Å²) in [6.45, 7) is -0.158. The minimum absolute atomic E-state index is 0.158. The Bertz CT molecular complexity index is 810. The van der Waals surface area contributed by atoms with Gasteiger partial charge in [-0.3, -0.25) is 10.1 Å². The second-order valence-electron chi connectivity index (χ2n) is 5.13. The molecule has 0 radical (unpaired) electrons. The summed E-state index contributed by atoms with van der Waals surface area (Å²) in [5, 5.41) is 12.1. The third kappa shape index (κ3) is 2.65. The van der Waals surface area contributed by atoms with Crippen molar-refractivity contribution in [3.8, 4) is 5.75 Å². The summed E-state index contributed by atoms with van der Waals surface area (Å²) in [7, 11) is 1.59. The highest BCUT2D eigenvalue weighted by atomic mass is 16.6. The van der Waals surface area contributed by atoms with Crippen molar-refractivity contribution in [2.45, 2.75) is 5.92 Å². The van der Waals surface area contributed by atoms with Gasteiger partial charge in [-0.25, -0.2) is 0 Å². The lowest BCUT2D eigenvalue weighted by Gasteiger charge is -2.14. The van der Waals surface area contributed by atoms with Crippen LogP contribution in [-0.2, 0) is 0 Å². The fourth-order valence-electron chi connectivity index (χ4n) is 2.77. The number of nitro groups is 1. The number of aromatic amines is 1. The number of fused-ring (bicyclic) bond motifs is 1. The van der Waals surface area contributed by atoms with Gasteiger partial charge in [0.25, 0.3) is 0 Å². The molecule has 1 N–H and O–H groups in total. The van der Waals surface area contributed by atoms with Crippen molar-refractivity contribution in [1.29, 1.82) is 0 Å². The van der Waals surface area contributed by atoms with Crippen LogP contribution in [0.15, 0.2) is 54.7 Å². The summed E-state index contributed by atoms with van der Waals surface area (Å²) in [4.78, 5) is 14.0. The molecule has 0 aliphatic rings. The zero-order valence-corrected chi connectivity index (χ0v) is 12.2. The Labute approximate surface area is 127 Å². The van der Waals surface area contributed by atoms with Crippen LogP contribution in [0.1, 0.15) is 17.0 Å². The number of ether oxygens (including phenoxy) is 1. The molecule has 2 aromatic carbocycles. The zero-order valence-electron chi connectivity index (χ0n) is 12.2. The molecule has 0 bridgehead atoms. The van der Waals surface area contributed by atoms with E-state index < -0.39 is 0 Å². The van der Waals surface area contributed by atoms with Gasteiger partial charge in [0.15, 0.2) is 0 Å². The van der Waals surface area contributed by atoms with Gasteiger partial charge in [-0.05, 0) is 29.3 Å². The average molecular weight is 296 g/mol. The van der Waals surface area contributed by atoms with E-state index in [2.05, 4.69) is 4.98 Å². The highest BCUT2D eigenvalue weighted by Crippen LogP contribution is 2.32. The summed E-state index contributed by atoms with van der Waals surface area (Å²) < 4.78 is 5.24. The van der Waals surface area contributed by atoms with E-state index in [4.69, 9.17) is 4.74 Å². The molecule has 22 heavy (non-hydrogen) atoms. The van der Waals surface area contributed by atoms with Crippen molar-refractivity contribution in [2.75, 3.05) is 13.7 Å². The first kappa shape index (κ1) is 14.1. The average Bonchev–Trinajstić information content (AvgIpc) is 2.96. The van der Waals surface area contributed by atoms with Crippen molar-refractivity contribution < 1.29 is 9.66 Å². The second-order valence-corrected chi connectivity index (χ2v) is 5.13. The largest absolute Gasteiger partial charge is 0.497 e. The van der Waals surface area contributed by atoms with Crippen LogP contribution in [0.2, 0.25) is 0 Å². The summed E-state index contributed by atoms with van der Waals surface area (Å²) in [5.41, 5.74) is 2.79. The van der Waals surface area contributed by atoms with Crippen LogP contribution in [0.3, 0.4) is 0 Å². The van der Waals surface area contributed by atoms with E-state index in [-0.39, 0.29) is 17.4 Å². The lowest BCUT2D eigenvalue weighted by Crippen LogP contribution is -2.13. The molecule has 0 saturated heterocycles. The van der Waals surface area contributed by atoms with Crippen molar-refractivity contribution in [2.24, 2.45) is 0 Å². The summed E-state index contributed by atoms with van der Waals surface area (Å²) in [5.74, 6) is 0.381. The highest BCUT2D eigenvalue weighted by molar-refractivity contribution is 5.84. The van der Waals surface area contributed by atoms with Crippen LogP contribution in [0.5, 0.6) is 5.75 Å². The van der Waals surface area contributed by atoms with E-state index in [1.165, 1.54) is 0 Å². The van der Waals surface area contributed by atoms with Crippen LogP contribution in [0.4, 0.5) is 0 Å². The molecule has 3 rings (SSSR count). The first-order valence-electron chi connectivity index (χ1n) is 7.01. The van der Waals surface area contributed by atoms with E-state index in [1.807, 2.05) is 54.7 Å². The minimum Gasteiger partial charge on any atom is -0.497 e. The van der Waals surface area contributed by atoms with Gasteiger partial charge in [0.1, 0.15) is 5.75 Å². The standard InChI is InChI=1S/C17H16N2O3/c1-22-13-6-4-5-12(9-13)16(11-19(20)21)15-10-18-17-8-3-2-7-14(15)17/h2-10,16,18H,11H2,1H3/t16-/m1/s1. The van der Waals surface area contributed by atoms with Gasteiger partial charge in [-0.1, -0.05) is 30.3 Å². The lowest BCUT2D eigenvalue weighted by molar-refractivity contribution is -0.481. The molecule has 0 fully saturated rings. The Morgan fingerprint density at radius 1 is 1.23 bits per heavy atom. The number of benzene rings is 2. The third-order valence-corrected chi connectivity index (χ3v) is 3.82. The number of nitrogens with one attached hydrogen (secondary N) is 1. The number of rotatable bonds is 5. The molecule has 0 amide bonds. The van der Waals surface area contributed by atoms with Gasteiger partial charge in [0.2, 0.25) is 6.54 Å². The molecule has 0 aliphatic carbocycles. The topological polar surface area (TPSA) is 68.2 Å². The van der Waals surface area contributed by atoms with E-state index >= 15 is 0 Å². The summed E-state index contributed by atoms with van der Waals surface area (Å²) in [6.07, 6.45) is 1.86. The van der Waals surface area contributed by atoms with Crippen molar-refractivity contribution >= 4 is 10.9 Å². The molecule has 1 atom stereocenters. The number of para-hydroxylation sites is 1. The van der Waals surface area contributed by atoms with Gasteiger partial charge in [0, 0.05) is 22.0 Å². The maximum atomic E-state index is 11.1. The minimum atomic E-state index is -0.318. The maximum absolute atomic E-state index is 11.1. The Morgan fingerprint density at radius 3 is 2.82 bits per heavy atom. The van der Waals surface area contributed by atoms with Gasteiger partial charge in [-0.2, -0.15) is 0 Å². The van der Waals surface area contributed by atoms with Crippen molar-refractivity contribution in [3.05, 3.63) is 76.0 Å². The molecule has 5 nitrogen and oxygen atoms in total. The van der Waals surface area contributed by atoms with E-state index in [1.54, 1.807) is 7.11 Å². The lowest BCUT2D eigenvalue weighted by atomic mass is 9.91. The second kappa shape index (κ2) is 5.89. The van der Waals surface area contributed by atoms with Crippen LogP contribution >= 0.6 is 0 Å². The highest BCUT2D eigenvalue weighted by Gasteiger charge is 2.23. The Balaban J connectivity index is 2.11. The van der Waals surface area contributed by atoms with E-state index in [0.29, 0.717) is 5.75 Å². The van der Waals surface area contributed by atoms with Gasteiger partial charge in [-0.15, -0.1) is 0 Å². The third-order valence-electron chi connectivity index (χ3n) is 3.82. The fraction of sp³-hybridized carbons (Fsp3) is 0.176. The Kier molecular flexibility index (Phi) is 3.78. The van der Waals surface area contributed by atoms with E-state index in [9.17, 15) is 10.1 Å². The maximum Gasteiger partial charge on any atom is 0.214 e. The first-order chi connectivity index (χ1) is 10.7. The number of hydrogen-bond donors (Lipinski definition) is 1. The smallest absolute Gasteiger partial charge is 0.214 e. The normalized spacial score (nSPS) is 12.2. The number of methoxy groups -OCH3 is 1. The van der Waals surface area contributed by atoms with Crippen LogP contribution in [-0.4, -0.2) is 23.6 Å². The number of H-pyrrole nitrogens is 1. The van der Waals surface area contributed by atoms with E-state index in [0.717, 1.165) is 22.0 Å². The molecule has 5 heteroatoms. The molecule has 112 valence electrons.